The Balaban J connectivity index is 1.63. The number of nitrogens with one attached hydrogen (secondary N) is 1. The highest BCUT2D eigenvalue weighted by Gasteiger charge is 2.26. The number of carbonyl (C=O) groups excluding carboxylic acids is 2. The molecule has 6 heteroatoms. The number of amides is 1. The van der Waals surface area contributed by atoms with Crippen LogP contribution in [-0.4, -0.2) is 30.6 Å². The molecule has 30 heavy (non-hydrogen) atoms. The maximum atomic E-state index is 12.7. The highest BCUT2D eigenvalue weighted by Crippen LogP contribution is 2.27. The van der Waals surface area contributed by atoms with Gasteiger partial charge in [0.05, 0.1) is 12.7 Å². The smallest absolute Gasteiger partial charge is 0.375 e. The molecule has 1 amide bonds. The summed E-state index contributed by atoms with van der Waals surface area (Å²) in [6.07, 6.45) is -0.245. The van der Waals surface area contributed by atoms with E-state index in [1.165, 1.54) is 0 Å². The molecule has 3 aromatic rings. The van der Waals surface area contributed by atoms with Crippen LogP contribution in [0.3, 0.4) is 0 Å². The largest absolute Gasteiger partial charge is 0.449 e. The lowest BCUT2D eigenvalue weighted by Crippen LogP contribution is -2.37. The molecule has 1 aromatic heterocycles. The molecule has 2 aromatic carbocycles. The lowest BCUT2D eigenvalue weighted by molar-refractivity contribution is -0.129. The summed E-state index contributed by atoms with van der Waals surface area (Å²) in [7, 11) is 0. The van der Waals surface area contributed by atoms with Crippen LogP contribution in [0.15, 0.2) is 59.0 Å². The van der Waals surface area contributed by atoms with Gasteiger partial charge < -0.3 is 19.2 Å². The Morgan fingerprint density at radius 3 is 2.43 bits per heavy atom. The first-order chi connectivity index (χ1) is 14.5. The Morgan fingerprint density at radius 1 is 1.00 bits per heavy atom. The lowest BCUT2D eigenvalue weighted by Gasteiger charge is -2.13. The van der Waals surface area contributed by atoms with E-state index >= 15 is 0 Å². The summed E-state index contributed by atoms with van der Waals surface area (Å²) in [5, 5.41) is 3.59. The van der Waals surface area contributed by atoms with E-state index in [0.717, 1.165) is 10.9 Å². The second-order valence-corrected chi connectivity index (χ2v) is 7.34. The summed E-state index contributed by atoms with van der Waals surface area (Å²) in [5.74, 6) is -0.963. The maximum absolute atomic E-state index is 12.7. The fraction of sp³-hybridized carbons (Fsp3) is 0.333. The van der Waals surface area contributed by atoms with Gasteiger partial charge in [-0.1, -0.05) is 48.5 Å². The number of carbonyl (C=O) groups is 2. The van der Waals surface area contributed by atoms with Crippen molar-refractivity contribution in [2.24, 2.45) is 0 Å². The fourth-order valence-corrected chi connectivity index (χ4v) is 3.04. The predicted octanol–water partition coefficient (Wildman–Crippen LogP) is 4.26. The van der Waals surface area contributed by atoms with Crippen LogP contribution in [0.5, 0.6) is 0 Å². The molecule has 1 atom stereocenters. The van der Waals surface area contributed by atoms with Gasteiger partial charge >= 0.3 is 5.97 Å². The van der Waals surface area contributed by atoms with E-state index in [-0.39, 0.29) is 24.4 Å². The molecule has 0 saturated heterocycles. The quantitative estimate of drug-likeness (QED) is 0.534. The molecule has 0 spiro atoms. The number of ether oxygens (including phenoxy) is 2. The van der Waals surface area contributed by atoms with Crippen LogP contribution in [-0.2, 0) is 27.3 Å². The van der Waals surface area contributed by atoms with Crippen molar-refractivity contribution in [2.75, 3.05) is 6.54 Å². The molecule has 0 saturated carbocycles. The van der Waals surface area contributed by atoms with Crippen molar-refractivity contribution in [1.82, 2.24) is 5.32 Å². The second kappa shape index (κ2) is 10.1. The molecule has 0 radical (unpaired) electrons. The molecule has 0 aliphatic carbocycles. The van der Waals surface area contributed by atoms with Crippen LogP contribution >= 0.6 is 0 Å². The Hall–Kier alpha value is -3.12. The number of hydrogen-bond donors (Lipinski definition) is 1. The third kappa shape index (κ3) is 5.48. The molecular formula is C24H27NO5. The van der Waals surface area contributed by atoms with Gasteiger partial charge in [-0.2, -0.15) is 0 Å². The summed E-state index contributed by atoms with van der Waals surface area (Å²) < 4.78 is 16.8. The average molecular weight is 409 g/mol. The van der Waals surface area contributed by atoms with E-state index in [4.69, 9.17) is 13.9 Å². The van der Waals surface area contributed by atoms with E-state index in [2.05, 4.69) is 5.32 Å². The first-order valence-corrected chi connectivity index (χ1v) is 10.1. The number of furan rings is 1. The number of esters is 1. The molecule has 0 aliphatic rings. The maximum Gasteiger partial charge on any atom is 0.375 e. The molecule has 1 heterocycles. The van der Waals surface area contributed by atoms with E-state index in [1.807, 2.05) is 62.4 Å². The van der Waals surface area contributed by atoms with Crippen LogP contribution in [0, 0.1) is 0 Å². The molecule has 158 valence electrons. The third-order valence-corrected chi connectivity index (χ3v) is 4.65. The summed E-state index contributed by atoms with van der Waals surface area (Å²) in [4.78, 5) is 25.1. The topological polar surface area (TPSA) is 77.8 Å². The lowest BCUT2D eigenvalue weighted by atomic mass is 10.1. The highest BCUT2D eigenvalue weighted by atomic mass is 16.6. The molecule has 0 fully saturated rings. The van der Waals surface area contributed by atoms with Gasteiger partial charge in [-0.3, -0.25) is 4.79 Å². The van der Waals surface area contributed by atoms with Crippen LogP contribution in [0.4, 0.5) is 0 Å². The Labute approximate surface area is 176 Å². The van der Waals surface area contributed by atoms with E-state index in [0.29, 0.717) is 24.1 Å². The summed E-state index contributed by atoms with van der Waals surface area (Å²) in [6.45, 7) is 6.06. The molecule has 1 N–H and O–H groups in total. The molecule has 1 unspecified atom stereocenters. The van der Waals surface area contributed by atoms with E-state index in [1.54, 1.807) is 13.0 Å². The van der Waals surface area contributed by atoms with Crippen molar-refractivity contribution in [3.8, 4) is 0 Å². The number of benzene rings is 2. The molecule has 0 bridgehead atoms. The highest BCUT2D eigenvalue weighted by molar-refractivity contribution is 5.97. The summed E-state index contributed by atoms with van der Waals surface area (Å²) >= 11 is 0. The van der Waals surface area contributed by atoms with E-state index < -0.39 is 12.1 Å². The Morgan fingerprint density at radius 2 is 1.70 bits per heavy atom. The summed E-state index contributed by atoms with van der Waals surface area (Å²) in [5.41, 5.74) is 2.33. The van der Waals surface area contributed by atoms with Crippen LogP contribution in [0.25, 0.3) is 11.0 Å². The molecule has 6 nitrogen and oxygen atoms in total. The zero-order valence-electron chi connectivity index (χ0n) is 17.5. The zero-order chi connectivity index (χ0) is 21.5. The van der Waals surface area contributed by atoms with Crippen molar-refractivity contribution >= 4 is 22.8 Å². The first-order valence-electron chi connectivity index (χ1n) is 10.1. The minimum Gasteiger partial charge on any atom is -0.449 e. The van der Waals surface area contributed by atoms with Crippen molar-refractivity contribution < 1.29 is 23.5 Å². The van der Waals surface area contributed by atoms with Crippen molar-refractivity contribution in [1.29, 1.82) is 0 Å². The monoisotopic (exact) mass is 409 g/mol. The van der Waals surface area contributed by atoms with Crippen LogP contribution in [0.2, 0.25) is 0 Å². The fourth-order valence-electron chi connectivity index (χ4n) is 3.04. The van der Waals surface area contributed by atoms with Gasteiger partial charge in [-0.15, -0.1) is 0 Å². The normalized spacial score (nSPS) is 12.1. The standard InChI is InChI=1S/C24H27NO5/c1-16(2)28-15-20-19-11-7-8-12-21(19)30-22(20)24(27)29-17(3)23(26)25-14-13-18-9-5-4-6-10-18/h4-12,16-17H,13-15H2,1-3H3,(H,25,26). The second-order valence-electron chi connectivity index (χ2n) is 7.34. The SMILES string of the molecule is CC(C)OCc1c(C(=O)OC(C)C(=O)NCCc2ccccc2)oc2ccccc12. The summed E-state index contributed by atoms with van der Waals surface area (Å²) in [6, 6.07) is 17.2. The average Bonchev–Trinajstić information content (AvgIpc) is 3.11. The van der Waals surface area contributed by atoms with Crippen molar-refractivity contribution in [2.45, 2.75) is 46.0 Å². The van der Waals surface area contributed by atoms with Gasteiger partial charge in [0.1, 0.15) is 5.58 Å². The van der Waals surface area contributed by atoms with Crippen LogP contribution in [0.1, 0.15) is 42.5 Å². The minimum absolute atomic E-state index is 0.00292. The van der Waals surface area contributed by atoms with Gasteiger partial charge in [0, 0.05) is 17.5 Å². The van der Waals surface area contributed by atoms with Crippen LogP contribution < -0.4 is 5.32 Å². The van der Waals surface area contributed by atoms with Crippen molar-refractivity contribution in [3.05, 3.63) is 71.5 Å². The predicted molar refractivity (Wildman–Crippen MR) is 114 cm³/mol. The molecular weight excluding hydrogens is 382 g/mol. The van der Waals surface area contributed by atoms with Crippen molar-refractivity contribution in [3.63, 3.8) is 0 Å². The third-order valence-electron chi connectivity index (χ3n) is 4.65. The Bertz CT molecular complexity index is 993. The zero-order valence-corrected chi connectivity index (χ0v) is 17.5. The van der Waals surface area contributed by atoms with Gasteiger partial charge in [0.2, 0.25) is 5.76 Å². The van der Waals surface area contributed by atoms with E-state index in [9.17, 15) is 9.59 Å². The van der Waals surface area contributed by atoms with Gasteiger partial charge in [-0.25, -0.2) is 4.79 Å². The first kappa shape index (κ1) is 21.6. The molecule has 0 aliphatic heterocycles. The van der Waals surface area contributed by atoms with Gasteiger partial charge in [0.25, 0.3) is 5.91 Å². The number of rotatable bonds is 9. The number of hydrogen-bond acceptors (Lipinski definition) is 5. The van der Waals surface area contributed by atoms with Gasteiger partial charge in [-0.05, 0) is 38.8 Å². The minimum atomic E-state index is -0.944. The number of para-hydroxylation sites is 1. The number of fused-ring (bicyclic) bond motifs is 1. The van der Waals surface area contributed by atoms with Gasteiger partial charge in [0.15, 0.2) is 6.10 Å². The Kier molecular flexibility index (Phi) is 7.25. The molecule has 3 rings (SSSR count).